The van der Waals surface area contributed by atoms with Crippen molar-refractivity contribution < 1.29 is 27.1 Å². The Hall–Kier alpha value is -8.80. The van der Waals surface area contributed by atoms with Gasteiger partial charge in [-0.2, -0.15) is 0 Å². The fraction of sp³-hybridized carbons (Fsp3) is 0.118. The lowest BCUT2D eigenvalue weighted by Crippen LogP contribution is -2.32. The minimum absolute atomic E-state index is 0.0324. The molecular weight excluding hydrogens is 889 g/mol. The van der Waals surface area contributed by atoms with Gasteiger partial charge in [0.2, 0.25) is 0 Å². The third kappa shape index (κ3) is 7.54. The molecule has 9 aromatic carbocycles. The zero-order chi connectivity index (χ0) is 60.9. The van der Waals surface area contributed by atoms with Crippen molar-refractivity contribution in [3.8, 4) is 84.3 Å². The zero-order valence-corrected chi connectivity index (χ0v) is 41.0. The van der Waals surface area contributed by atoms with Crippen molar-refractivity contribution in [2.24, 2.45) is 0 Å². The molecule has 73 heavy (non-hydrogen) atoms. The van der Waals surface area contributed by atoms with E-state index in [1.807, 2.05) is 91.1 Å². The van der Waals surface area contributed by atoms with Crippen molar-refractivity contribution in [3.05, 3.63) is 236 Å². The van der Waals surface area contributed by atoms with Crippen molar-refractivity contribution in [1.82, 2.24) is 14.1 Å². The summed E-state index contributed by atoms with van der Waals surface area (Å²) in [5.74, 6) is 1.67. The number of pyridine rings is 1. The van der Waals surface area contributed by atoms with Crippen LogP contribution in [0.15, 0.2) is 218 Å². The standard InChI is InChI=1S/C68H54N4O/c1-67(2,3)47-32-30-45(31-33-47)52-27-17-28-59-55-24-12-10-22-53(55)54-23-11-13-25-56(54)60-38-46(44-18-8-7-9-19-44)39-63-66(60)71(65(52)59)43-70(63)49-20-16-21-50(41-49)73-51-34-35-58-57-26-14-15-29-61(57)72(62(58)42-51)64-40-48(36-37-69-64)68(4,5)6/h7-42H,1-6H3/i7D,8D,9D,10D,11D,12D,13D,18D,19D,22D,23D,24D,25D. The van der Waals surface area contributed by atoms with Crippen LogP contribution in [0.1, 0.15) is 70.5 Å². The molecular formula is C68H54N4O. The first-order chi connectivity index (χ1) is 40.8. The van der Waals surface area contributed by atoms with Gasteiger partial charge in [0.15, 0.2) is 0 Å². The van der Waals surface area contributed by atoms with E-state index in [2.05, 4.69) is 70.6 Å². The molecule has 0 spiro atoms. The molecule has 1 aliphatic rings. The summed E-state index contributed by atoms with van der Waals surface area (Å²) in [6.45, 7) is 12.8. The number of fused-ring (bicyclic) bond motifs is 10. The minimum atomic E-state index is -0.655. The minimum Gasteiger partial charge on any atom is -0.458 e. The summed E-state index contributed by atoms with van der Waals surface area (Å²) in [6, 6.07) is 34.6. The van der Waals surface area contributed by atoms with E-state index < -0.39 is 78.6 Å². The Morgan fingerprint density at radius 2 is 1.12 bits per heavy atom. The first-order valence-corrected chi connectivity index (χ1v) is 24.2. The monoisotopic (exact) mass is 956 g/mol. The predicted octanol–water partition coefficient (Wildman–Crippen LogP) is 17.2. The Bertz CT molecular complexity index is 4890. The van der Waals surface area contributed by atoms with Crippen molar-refractivity contribution in [2.45, 2.75) is 52.4 Å². The van der Waals surface area contributed by atoms with E-state index in [-0.39, 0.29) is 60.9 Å². The molecule has 4 heterocycles. The Morgan fingerprint density at radius 3 is 1.86 bits per heavy atom. The second-order valence-corrected chi connectivity index (χ2v) is 20.5. The summed E-state index contributed by atoms with van der Waals surface area (Å²) in [5.41, 5.74) is 6.08. The summed E-state index contributed by atoms with van der Waals surface area (Å²) < 4.78 is 133. The second-order valence-electron chi connectivity index (χ2n) is 20.5. The van der Waals surface area contributed by atoms with Crippen LogP contribution in [0.2, 0.25) is 0 Å². The highest BCUT2D eigenvalue weighted by atomic mass is 16.5. The molecule has 5 nitrogen and oxygen atoms in total. The maximum absolute atomic E-state index is 9.88. The van der Waals surface area contributed by atoms with Gasteiger partial charge in [-0.3, -0.25) is 13.7 Å². The molecule has 0 fully saturated rings. The van der Waals surface area contributed by atoms with Gasteiger partial charge in [0.25, 0.3) is 6.33 Å². The van der Waals surface area contributed by atoms with E-state index >= 15 is 0 Å². The second kappa shape index (κ2) is 16.9. The molecule has 0 aliphatic carbocycles. The first kappa shape index (κ1) is 32.2. The van der Waals surface area contributed by atoms with Crippen molar-refractivity contribution in [2.75, 3.05) is 0 Å². The number of ether oxygens (including phenoxy) is 1. The van der Waals surface area contributed by atoms with Crippen LogP contribution in [0.5, 0.6) is 11.5 Å². The van der Waals surface area contributed by atoms with Gasteiger partial charge in [-0.15, -0.1) is 0 Å². The van der Waals surface area contributed by atoms with E-state index in [1.54, 1.807) is 33.4 Å². The molecule has 13 rings (SSSR count). The smallest absolute Gasteiger partial charge is 0.269 e. The van der Waals surface area contributed by atoms with Gasteiger partial charge in [0, 0.05) is 23.0 Å². The van der Waals surface area contributed by atoms with E-state index in [1.165, 1.54) is 6.07 Å². The van der Waals surface area contributed by atoms with Gasteiger partial charge < -0.3 is 4.74 Å². The Labute approximate surface area is 445 Å². The van der Waals surface area contributed by atoms with Gasteiger partial charge in [0.1, 0.15) is 17.3 Å². The topological polar surface area (TPSA) is 35.9 Å². The Kier molecular flexibility index (Phi) is 7.47. The van der Waals surface area contributed by atoms with Crippen molar-refractivity contribution in [1.29, 1.82) is 0 Å². The summed E-state index contributed by atoms with van der Waals surface area (Å²) in [6.07, 6.45) is 5.45. The Balaban J connectivity index is 1.13. The van der Waals surface area contributed by atoms with Crippen LogP contribution < -0.4 is 9.30 Å². The Morgan fingerprint density at radius 1 is 0.479 bits per heavy atom. The van der Waals surface area contributed by atoms with Crippen LogP contribution >= 0.6 is 0 Å². The molecule has 5 heteroatoms. The van der Waals surface area contributed by atoms with E-state index in [0.29, 0.717) is 34.0 Å². The summed E-state index contributed by atoms with van der Waals surface area (Å²) in [5, 5.41) is 2.04. The molecule has 12 aromatic rings. The van der Waals surface area contributed by atoms with Crippen LogP contribution in [0, 0.1) is 6.33 Å². The predicted molar refractivity (Wildman–Crippen MR) is 300 cm³/mol. The number of hydrogen-bond donors (Lipinski definition) is 0. The van der Waals surface area contributed by atoms with E-state index in [0.717, 1.165) is 44.3 Å². The molecule has 0 N–H and O–H groups in total. The van der Waals surface area contributed by atoms with Crippen molar-refractivity contribution in [3.63, 3.8) is 0 Å². The summed E-state index contributed by atoms with van der Waals surface area (Å²) in [4.78, 5) is 4.86. The first-order valence-electron chi connectivity index (χ1n) is 30.7. The summed E-state index contributed by atoms with van der Waals surface area (Å²) >= 11 is 0. The fourth-order valence-corrected chi connectivity index (χ4v) is 10.2. The molecule has 3 aromatic heterocycles. The lowest BCUT2D eigenvalue weighted by Gasteiger charge is -2.21. The highest BCUT2D eigenvalue weighted by Gasteiger charge is 2.28. The van der Waals surface area contributed by atoms with E-state index in [9.17, 15) is 9.60 Å². The molecule has 0 radical (unpaired) electrons. The quantitative estimate of drug-likeness (QED) is 0.123. The summed E-state index contributed by atoms with van der Waals surface area (Å²) in [7, 11) is 0. The molecule has 0 atom stereocenters. The van der Waals surface area contributed by atoms with Crippen LogP contribution in [-0.4, -0.2) is 14.1 Å². The van der Waals surface area contributed by atoms with Gasteiger partial charge in [-0.25, -0.2) is 4.98 Å². The molecule has 0 saturated carbocycles. The molecule has 0 unspecified atom stereocenters. The van der Waals surface area contributed by atoms with E-state index in [4.69, 9.17) is 17.9 Å². The number of hydrogen-bond acceptors (Lipinski definition) is 2. The SMILES string of the molecule is [2H]c1c([2H])c([2H])c(-c2cc3c4c(c2)n(-c2cccc(Oc5ccc6c7ccccc7n(-c7cc(C(C)(C)C)ccn7)c6c5)c2)[c-][n+]4-c2c(-c4ccc(C(C)(C)C)cc4)cccc2-c2c([2H])c([2H])c([2H])c([2H])c2-c2c([2H])c([2H])c([2H])c([2H])c2-3)c([2H])c1[2H]. The molecule has 352 valence electrons. The number of para-hydroxylation sites is 2. The third-order valence-corrected chi connectivity index (χ3v) is 13.8. The average molecular weight is 956 g/mol. The van der Waals surface area contributed by atoms with Gasteiger partial charge >= 0.3 is 0 Å². The van der Waals surface area contributed by atoms with Crippen molar-refractivity contribution >= 4 is 32.8 Å². The van der Waals surface area contributed by atoms with Gasteiger partial charge in [0.05, 0.1) is 51.3 Å². The fourth-order valence-electron chi connectivity index (χ4n) is 10.2. The largest absolute Gasteiger partial charge is 0.458 e. The lowest BCUT2D eigenvalue weighted by molar-refractivity contribution is -0.570. The normalized spacial score (nSPS) is 14.7. The number of aromatic nitrogens is 4. The zero-order valence-electron chi connectivity index (χ0n) is 54.0. The van der Waals surface area contributed by atoms with Crippen LogP contribution in [0.4, 0.5) is 0 Å². The highest BCUT2D eigenvalue weighted by Crippen LogP contribution is 2.46. The maximum Gasteiger partial charge on any atom is 0.269 e. The average Bonchev–Trinajstić information content (AvgIpc) is 1.46. The number of imidazole rings is 1. The van der Waals surface area contributed by atoms with Gasteiger partial charge in [-0.05, 0) is 132 Å². The third-order valence-electron chi connectivity index (χ3n) is 13.8. The number of rotatable bonds is 6. The number of benzene rings is 9. The molecule has 0 saturated heterocycles. The van der Waals surface area contributed by atoms with Crippen LogP contribution in [-0.2, 0) is 10.8 Å². The maximum atomic E-state index is 9.88. The highest BCUT2D eigenvalue weighted by molar-refractivity contribution is 6.09. The van der Waals surface area contributed by atoms with Crippen LogP contribution in [0.25, 0.3) is 106 Å². The molecule has 1 aliphatic heterocycles. The lowest BCUT2D eigenvalue weighted by atomic mass is 9.85. The molecule has 0 amide bonds. The van der Waals surface area contributed by atoms with Gasteiger partial charge in [-0.1, -0.05) is 193 Å². The number of nitrogens with zero attached hydrogens (tertiary/aromatic N) is 4. The molecule has 0 bridgehead atoms. The van der Waals surface area contributed by atoms with Crippen LogP contribution in [0.3, 0.4) is 0 Å².